The van der Waals surface area contributed by atoms with Crippen LogP contribution in [0.25, 0.3) is 0 Å². The molecule has 8 heteroatoms. The van der Waals surface area contributed by atoms with Gasteiger partial charge in [-0.25, -0.2) is 8.93 Å². The lowest BCUT2D eigenvalue weighted by molar-refractivity contribution is -0.168. The minimum Gasteiger partial charge on any atom is -0.342 e. The minimum atomic E-state index is -3.45. The van der Waals surface area contributed by atoms with Gasteiger partial charge in [-0.2, -0.15) is 0 Å². The van der Waals surface area contributed by atoms with Gasteiger partial charge in [0.25, 0.3) is 7.37 Å². The third-order valence-corrected chi connectivity index (χ3v) is 8.84. The first-order valence-electron chi connectivity index (χ1n) is 9.77. The van der Waals surface area contributed by atoms with E-state index in [0.717, 1.165) is 5.56 Å². The van der Waals surface area contributed by atoms with Gasteiger partial charge in [0.1, 0.15) is 0 Å². The molecular formula is C20H36NO5PS. The summed E-state index contributed by atoms with van der Waals surface area (Å²) in [4.78, 5) is 0. The SMILES string of the molecule is CCOC(C)(OCC)P(=O)(C[C@H](NS(=O)C(C)(C)C)c1ccccc1)OCC. The Labute approximate surface area is 172 Å². The van der Waals surface area contributed by atoms with Crippen molar-refractivity contribution in [3.63, 3.8) is 0 Å². The van der Waals surface area contributed by atoms with Crippen molar-refractivity contribution in [2.75, 3.05) is 26.0 Å². The van der Waals surface area contributed by atoms with E-state index in [1.54, 1.807) is 13.8 Å². The van der Waals surface area contributed by atoms with Crippen LogP contribution < -0.4 is 4.72 Å². The molecule has 0 aliphatic rings. The predicted molar refractivity (Wildman–Crippen MR) is 116 cm³/mol. The van der Waals surface area contributed by atoms with Crippen LogP contribution in [-0.2, 0) is 29.5 Å². The summed E-state index contributed by atoms with van der Waals surface area (Å²) in [5, 5.41) is 0. The van der Waals surface area contributed by atoms with Gasteiger partial charge in [0.15, 0.2) is 0 Å². The number of hydrogen-bond acceptors (Lipinski definition) is 5. The first-order chi connectivity index (χ1) is 13.0. The maximum absolute atomic E-state index is 14.0. The van der Waals surface area contributed by atoms with E-state index >= 15 is 0 Å². The Bertz CT molecular complexity index is 656. The molecule has 0 aliphatic carbocycles. The number of hydrogen-bond donors (Lipinski definition) is 1. The zero-order valence-electron chi connectivity index (χ0n) is 18.2. The summed E-state index contributed by atoms with van der Waals surface area (Å²) in [5.74, 6) is 0. The zero-order valence-corrected chi connectivity index (χ0v) is 19.9. The van der Waals surface area contributed by atoms with Crippen molar-refractivity contribution in [3.05, 3.63) is 35.9 Å². The highest BCUT2D eigenvalue weighted by Crippen LogP contribution is 2.61. The van der Waals surface area contributed by atoms with Gasteiger partial charge in [-0.3, -0.25) is 4.57 Å². The fourth-order valence-corrected chi connectivity index (χ4v) is 6.24. The molecule has 0 saturated carbocycles. The number of ether oxygens (including phenoxy) is 2. The van der Waals surface area contributed by atoms with Crippen LogP contribution in [0.2, 0.25) is 0 Å². The second-order valence-corrected chi connectivity index (χ2v) is 12.3. The van der Waals surface area contributed by atoms with Crippen molar-refractivity contribution in [2.45, 2.75) is 64.8 Å². The highest BCUT2D eigenvalue weighted by atomic mass is 32.2. The van der Waals surface area contributed by atoms with Crippen molar-refractivity contribution < 1.29 is 22.8 Å². The number of rotatable bonds is 12. The van der Waals surface area contributed by atoms with Gasteiger partial charge in [-0.1, -0.05) is 30.3 Å². The Morgan fingerprint density at radius 3 is 1.96 bits per heavy atom. The predicted octanol–water partition coefficient (Wildman–Crippen LogP) is 4.84. The summed E-state index contributed by atoms with van der Waals surface area (Å²) < 4.78 is 46.9. The summed E-state index contributed by atoms with van der Waals surface area (Å²) in [6.45, 7) is 13.7. The summed E-state index contributed by atoms with van der Waals surface area (Å²) in [7, 11) is -4.79. The standard InChI is InChI=1S/C20H36NO5PS/c1-8-24-20(7,25-9-2)27(22,26-10-3)16-18(17-14-12-11-13-15-17)21-28(23)19(4,5)6/h11-15,18,21H,8-10,16H2,1-7H3/t18-,27?,28?/m0/s1. The van der Waals surface area contributed by atoms with Gasteiger partial charge in [0.05, 0.1) is 34.5 Å². The van der Waals surface area contributed by atoms with E-state index in [4.69, 9.17) is 14.0 Å². The smallest absolute Gasteiger partial charge is 0.262 e. The van der Waals surface area contributed by atoms with Gasteiger partial charge in [0, 0.05) is 13.2 Å². The van der Waals surface area contributed by atoms with Crippen LogP contribution in [-0.4, -0.2) is 40.5 Å². The monoisotopic (exact) mass is 433 g/mol. The largest absolute Gasteiger partial charge is 0.342 e. The molecule has 3 atom stereocenters. The van der Waals surface area contributed by atoms with Crippen LogP contribution in [0.5, 0.6) is 0 Å². The molecule has 162 valence electrons. The molecule has 0 saturated heterocycles. The average Bonchev–Trinajstić information content (AvgIpc) is 2.61. The van der Waals surface area contributed by atoms with E-state index in [1.165, 1.54) is 0 Å². The third kappa shape index (κ3) is 6.75. The normalized spacial score (nSPS) is 17.1. The molecule has 28 heavy (non-hydrogen) atoms. The van der Waals surface area contributed by atoms with Gasteiger partial charge in [0.2, 0.25) is 5.53 Å². The molecule has 0 fully saturated rings. The van der Waals surface area contributed by atoms with E-state index in [1.807, 2.05) is 65.0 Å². The van der Waals surface area contributed by atoms with Gasteiger partial charge < -0.3 is 14.0 Å². The average molecular weight is 434 g/mol. The lowest BCUT2D eigenvalue weighted by atomic mass is 10.1. The van der Waals surface area contributed by atoms with Crippen molar-refractivity contribution in [3.8, 4) is 0 Å². The Morgan fingerprint density at radius 2 is 1.54 bits per heavy atom. The van der Waals surface area contributed by atoms with Gasteiger partial charge in [-0.15, -0.1) is 0 Å². The molecule has 0 radical (unpaired) electrons. The van der Waals surface area contributed by atoms with E-state index in [2.05, 4.69) is 4.72 Å². The first-order valence-corrected chi connectivity index (χ1v) is 12.7. The Balaban J connectivity index is 3.33. The van der Waals surface area contributed by atoms with Crippen molar-refractivity contribution in [1.82, 2.24) is 4.72 Å². The number of nitrogens with one attached hydrogen (secondary N) is 1. The zero-order chi connectivity index (χ0) is 21.4. The van der Waals surface area contributed by atoms with Crippen molar-refractivity contribution in [2.24, 2.45) is 0 Å². The van der Waals surface area contributed by atoms with Crippen LogP contribution in [0.3, 0.4) is 0 Å². The maximum atomic E-state index is 14.0. The summed E-state index contributed by atoms with van der Waals surface area (Å²) >= 11 is 0. The van der Waals surface area contributed by atoms with Crippen LogP contribution in [0.15, 0.2) is 30.3 Å². The Kier molecular flexibility index (Phi) is 10.0. The van der Waals surface area contributed by atoms with E-state index < -0.39 is 34.7 Å². The molecule has 1 rings (SSSR count). The molecule has 1 aromatic rings. The van der Waals surface area contributed by atoms with Crippen molar-refractivity contribution in [1.29, 1.82) is 0 Å². The van der Waals surface area contributed by atoms with Gasteiger partial charge in [-0.05, 0) is 54.0 Å². The van der Waals surface area contributed by atoms with E-state index in [0.29, 0.717) is 13.2 Å². The maximum Gasteiger partial charge on any atom is 0.262 e. The van der Waals surface area contributed by atoms with Crippen LogP contribution in [0.4, 0.5) is 0 Å². The van der Waals surface area contributed by atoms with Crippen molar-refractivity contribution >= 4 is 18.4 Å². The highest BCUT2D eigenvalue weighted by molar-refractivity contribution is 7.84. The Hall–Kier alpha value is -0.560. The molecule has 0 heterocycles. The van der Waals surface area contributed by atoms with Gasteiger partial charge >= 0.3 is 0 Å². The number of benzene rings is 1. The second kappa shape index (κ2) is 11.0. The Morgan fingerprint density at radius 1 is 1.00 bits per heavy atom. The summed E-state index contributed by atoms with van der Waals surface area (Å²) in [6.07, 6.45) is 0.100. The molecule has 2 unspecified atom stereocenters. The topological polar surface area (TPSA) is 73.9 Å². The molecule has 0 aliphatic heterocycles. The van der Waals surface area contributed by atoms with E-state index in [9.17, 15) is 8.77 Å². The molecular weight excluding hydrogens is 397 g/mol. The van der Waals surface area contributed by atoms with Crippen LogP contribution in [0.1, 0.15) is 60.1 Å². The van der Waals surface area contributed by atoms with Crippen LogP contribution in [0, 0.1) is 0 Å². The molecule has 0 bridgehead atoms. The third-order valence-electron chi connectivity index (χ3n) is 4.21. The first kappa shape index (κ1) is 25.5. The summed E-state index contributed by atoms with van der Waals surface area (Å²) in [5.41, 5.74) is -0.486. The fraction of sp³-hybridized carbons (Fsp3) is 0.700. The molecule has 1 aromatic carbocycles. The highest BCUT2D eigenvalue weighted by Gasteiger charge is 2.49. The van der Waals surface area contributed by atoms with E-state index in [-0.39, 0.29) is 12.8 Å². The molecule has 0 spiro atoms. The molecule has 0 aromatic heterocycles. The summed E-state index contributed by atoms with van der Waals surface area (Å²) in [6, 6.07) is 9.12. The molecule has 6 nitrogen and oxygen atoms in total. The fourth-order valence-electron chi connectivity index (χ4n) is 2.76. The molecule has 0 amide bonds. The lowest BCUT2D eigenvalue weighted by Crippen LogP contribution is -2.40. The second-order valence-electron chi connectivity index (χ2n) is 7.50. The molecule has 1 N–H and O–H groups in total. The quantitative estimate of drug-likeness (QED) is 0.377. The minimum absolute atomic E-state index is 0.100. The van der Waals surface area contributed by atoms with Crippen LogP contribution >= 0.6 is 7.37 Å². The lowest BCUT2D eigenvalue weighted by Gasteiger charge is -2.38.